The Balaban J connectivity index is 2.17. The first-order valence-electron chi connectivity index (χ1n) is 4.95. The zero-order chi connectivity index (χ0) is 9.97. The Morgan fingerprint density at radius 3 is 2.50 bits per heavy atom. The molecule has 0 aromatic heterocycles. The lowest BCUT2D eigenvalue weighted by Gasteiger charge is -2.02. The third kappa shape index (κ3) is 2.46. The van der Waals surface area contributed by atoms with Crippen molar-refractivity contribution in [2.75, 3.05) is 6.54 Å². The standard InChI is InChI=1S/C12H14BrN/c13-12-5-1-9(2-6-12)7-11(8-14)10-3-4-10/h1-2,5-7,10H,3-4,8,14H2/b11-7+. The molecule has 1 aromatic rings. The van der Waals surface area contributed by atoms with E-state index in [1.165, 1.54) is 24.0 Å². The van der Waals surface area contributed by atoms with Crippen molar-refractivity contribution < 1.29 is 0 Å². The fourth-order valence-corrected chi connectivity index (χ4v) is 1.83. The van der Waals surface area contributed by atoms with Crippen molar-refractivity contribution in [3.8, 4) is 0 Å². The van der Waals surface area contributed by atoms with Crippen molar-refractivity contribution in [3.63, 3.8) is 0 Å². The highest BCUT2D eigenvalue weighted by molar-refractivity contribution is 9.10. The molecule has 0 amide bonds. The zero-order valence-corrected chi connectivity index (χ0v) is 9.63. The first kappa shape index (κ1) is 9.94. The minimum Gasteiger partial charge on any atom is -0.327 e. The van der Waals surface area contributed by atoms with Gasteiger partial charge >= 0.3 is 0 Å². The highest BCUT2D eigenvalue weighted by Gasteiger charge is 2.24. The molecule has 1 aliphatic rings. The van der Waals surface area contributed by atoms with E-state index in [2.05, 4.69) is 46.3 Å². The molecule has 0 saturated heterocycles. The lowest BCUT2D eigenvalue weighted by Crippen LogP contribution is -2.04. The highest BCUT2D eigenvalue weighted by Crippen LogP contribution is 2.36. The molecular formula is C12H14BrN. The Hall–Kier alpha value is -0.600. The Bertz CT molecular complexity index is 336. The van der Waals surface area contributed by atoms with Gasteiger partial charge in [0.15, 0.2) is 0 Å². The predicted octanol–water partition coefficient (Wildman–Crippen LogP) is 3.20. The van der Waals surface area contributed by atoms with E-state index in [0.29, 0.717) is 6.54 Å². The van der Waals surface area contributed by atoms with Gasteiger partial charge in [0.2, 0.25) is 0 Å². The molecule has 0 spiro atoms. The number of hydrogen-bond acceptors (Lipinski definition) is 1. The number of hydrogen-bond donors (Lipinski definition) is 1. The van der Waals surface area contributed by atoms with Crippen LogP contribution in [0.15, 0.2) is 34.3 Å². The van der Waals surface area contributed by atoms with Crippen molar-refractivity contribution in [1.82, 2.24) is 0 Å². The molecule has 1 aromatic carbocycles. The van der Waals surface area contributed by atoms with Crippen LogP contribution in [0, 0.1) is 5.92 Å². The van der Waals surface area contributed by atoms with Crippen molar-refractivity contribution in [2.45, 2.75) is 12.8 Å². The number of nitrogens with two attached hydrogens (primary N) is 1. The van der Waals surface area contributed by atoms with Gasteiger partial charge in [-0.25, -0.2) is 0 Å². The molecule has 14 heavy (non-hydrogen) atoms. The van der Waals surface area contributed by atoms with Crippen LogP contribution in [0.3, 0.4) is 0 Å². The van der Waals surface area contributed by atoms with Crippen LogP contribution in [0.4, 0.5) is 0 Å². The molecule has 0 aliphatic heterocycles. The normalized spacial score (nSPS) is 17.1. The first-order chi connectivity index (χ1) is 6.79. The molecule has 74 valence electrons. The summed E-state index contributed by atoms with van der Waals surface area (Å²) in [5.74, 6) is 0.767. The largest absolute Gasteiger partial charge is 0.327 e. The summed E-state index contributed by atoms with van der Waals surface area (Å²) < 4.78 is 1.12. The topological polar surface area (TPSA) is 26.0 Å². The maximum absolute atomic E-state index is 5.71. The van der Waals surface area contributed by atoms with Gasteiger partial charge in [0, 0.05) is 11.0 Å². The van der Waals surface area contributed by atoms with Gasteiger partial charge in [-0.1, -0.05) is 39.7 Å². The summed E-state index contributed by atoms with van der Waals surface area (Å²) in [5.41, 5.74) is 8.36. The minimum absolute atomic E-state index is 0.695. The van der Waals surface area contributed by atoms with E-state index >= 15 is 0 Å². The molecule has 0 bridgehead atoms. The molecule has 1 nitrogen and oxygen atoms in total. The van der Waals surface area contributed by atoms with E-state index in [4.69, 9.17) is 5.73 Å². The molecular weight excluding hydrogens is 238 g/mol. The molecule has 0 radical (unpaired) electrons. The average Bonchev–Trinajstić information content (AvgIpc) is 3.01. The van der Waals surface area contributed by atoms with Gasteiger partial charge in [-0.2, -0.15) is 0 Å². The summed E-state index contributed by atoms with van der Waals surface area (Å²) >= 11 is 3.42. The van der Waals surface area contributed by atoms with Crippen LogP contribution >= 0.6 is 15.9 Å². The van der Waals surface area contributed by atoms with Gasteiger partial charge in [0.25, 0.3) is 0 Å². The lowest BCUT2D eigenvalue weighted by molar-refractivity contribution is 0.950. The summed E-state index contributed by atoms with van der Waals surface area (Å²) in [6.07, 6.45) is 4.86. The van der Waals surface area contributed by atoms with Crippen LogP contribution in [-0.2, 0) is 0 Å². The molecule has 2 rings (SSSR count). The van der Waals surface area contributed by atoms with E-state index in [-0.39, 0.29) is 0 Å². The molecule has 0 atom stereocenters. The molecule has 1 fully saturated rings. The van der Waals surface area contributed by atoms with E-state index in [1.54, 1.807) is 0 Å². The second-order valence-corrected chi connectivity index (χ2v) is 4.66. The summed E-state index contributed by atoms with van der Waals surface area (Å²) in [6, 6.07) is 8.35. The van der Waals surface area contributed by atoms with Crippen LogP contribution < -0.4 is 5.73 Å². The van der Waals surface area contributed by atoms with E-state index in [1.807, 2.05) is 0 Å². The third-order valence-electron chi connectivity index (χ3n) is 2.56. The molecule has 2 heteroatoms. The second-order valence-electron chi connectivity index (χ2n) is 3.75. The summed E-state index contributed by atoms with van der Waals surface area (Å²) in [4.78, 5) is 0. The van der Waals surface area contributed by atoms with Gasteiger partial charge in [-0.15, -0.1) is 0 Å². The van der Waals surface area contributed by atoms with Crippen LogP contribution in [-0.4, -0.2) is 6.54 Å². The Morgan fingerprint density at radius 2 is 2.00 bits per heavy atom. The third-order valence-corrected chi connectivity index (χ3v) is 3.09. The van der Waals surface area contributed by atoms with Gasteiger partial charge in [0.1, 0.15) is 0 Å². The van der Waals surface area contributed by atoms with Gasteiger partial charge in [-0.3, -0.25) is 0 Å². The fourth-order valence-electron chi connectivity index (χ4n) is 1.57. The Labute approximate surface area is 93.1 Å². The Kier molecular flexibility index (Phi) is 3.04. The molecule has 1 saturated carbocycles. The number of halogens is 1. The van der Waals surface area contributed by atoms with Crippen molar-refractivity contribution in [3.05, 3.63) is 39.9 Å². The van der Waals surface area contributed by atoms with Gasteiger partial charge < -0.3 is 5.73 Å². The van der Waals surface area contributed by atoms with Gasteiger partial charge in [0.05, 0.1) is 0 Å². The summed E-state index contributed by atoms with van der Waals surface area (Å²) in [7, 11) is 0. The molecule has 0 heterocycles. The van der Waals surface area contributed by atoms with Gasteiger partial charge in [-0.05, 0) is 36.5 Å². The number of rotatable bonds is 3. The zero-order valence-electron chi connectivity index (χ0n) is 8.04. The molecule has 2 N–H and O–H groups in total. The van der Waals surface area contributed by atoms with Crippen molar-refractivity contribution >= 4 is 22.0 Å². The van der Waals surface area contributed by atoms with Crippen LogP contribution in [0.2, 0.25) is 0 Å². The SMILES string of the molecule is NC/C(=C\c1ccc(Br)cc1)C1CC1. The molecule has 0 unspecified atom stereocenters. The monoisotopic (exact) mass is 251 g/mol. The van der Waals surface area contributed by atoms with Crippen molar-refractivity contribution in [1.29, 1.82) is 0 Å². The van der Waals surface area contributed by atoms with E-state index in [0.717, 1.165) is 10.4 Å². The van der Waals surface area contributed by atoms with Crippen molar-refractivity contribution in [2.24, 2.45) is 11.7 Å². The minimum atomic E-state index is 0.695. The lowest BCUT2D eigenvalue weighted by atomic mass is 10.1. The smallest absolute Gasteiger partial charge is 0.0175 e. The van der Waals surface area contributed by atoms with E-state index < -0.39 is 0 Å². The van der Waals surface area contributed by atoms with Crippen LogP contribution in [0.5, 0.6) is 0 Å². The fraction of sp³-hybridized carbons (Fsp3) is 0.333. The Morgan fingerprint density at radius 1 is 1.36 bits per heavy atom. The van der Waals surface area contributed by atoms with Crippen LogP contribution in [0.1, 0.15) is 18.4 Å². The maximum Gasteiger partial charge on any atom is 0.0175 e. The highest BCUT2D eigenvalue weighted by atomic mass is 79.9. The quantitative estimate of drug-likeness (QED) is 0.878. The second kappa shape index (κ2) is 4.28. The predicted molar refractivity (Wildman–Crippen MR) is 63.9 cm³/mol. The van der Waals surface area contributed by atoms with Crippen LogP contribution in [0.25, 0.3) is 6.08 Å². The van der Waals surface area contributed by atoms with E-state index in [9.17, 15) is 0 Å². The molecule has 1 aliphatic carbocycles. The first-order valence-corrected chi connectivity index (χ1v) is 5.75. The summed E-state index contributed by atoms with van der Waals surface area (Å²) in [6.45, 7) is 0.695. The summed E-state index contributed by atoms with van der Waals surface area (Å²) in [5, 5.41) is 0. The maximum atomic E-state index is 5.71. The average molecular weight is 252 g/mol. The number of benzene rings is 1.